The Labute approximate surface area is 125 Å². The van der Waals surface area contributed by atoms with E-state index in [1.165, 1.54) is 32.1 Å². The lowest BCUT2D eigenvalue weighted by Gasteiger charge is -2.36. The van der Waals surface area contributed by atoms with Gasteiger partial charge in [-0.2, -0.15) is 0 Å². The van der Waals surface area contributed by atoms with Crippen LogP contribution in [0.25, 0.3) is 0 Å². The first-order valence-electron chi connectivity index (χ1n) is 8.42. The lowest BCUT2D eigenvalue weighted by atomic mass is 9.76. The van der Waals surface area contributed by atoms with Crippen LogP contribution in [0.4, 0.5) is 0 Å². The SMILES string of the molecule is CC(c1nnnn1C1CC1)N1CCOCC(C2CCC2)C1. The van der Waals surface area contributed by atoms with Crippen LogP contribution in [0.2, 0.25) is 0 Å². The molecule has 2 aliphatic carbocycles. The predicted octanol–water partition coefficient (Wildman–Crippen LogP) is 1.82. The van der Waals surface area contributed by atoms with Gasteiger partial charge in [-0.25, -0.2) is 4.68 Å². The first kappa shape index (κ1) is 13.6. The van der Waals surface area contributed by atoms with E-state index >= 15 is 0 Å². The molecule has 3 fully saturated rings. The molecule has 0 N–H and O–H groups in total. The number of hydrogen-bond donors (Lipinski definition) is 0. The van der Waals surface area contributed by atoms with Crippen LogP contribution in [0.3, 0.4) is 0 Å². The van der Waals surface area contributed by atoms with E-state index in [0.717, 1.165) is 38.0 Å². The summed E-state index contributed by atoms with van der Waals surface area (Å²) >= 11 is 0. The van der Waals surface area contributed by atoms with E-state index in [9.17, 15) is 0 Å². The molecule has 6 nitrogen and oxygen atoms in total. The Morgan fingerprint density at radius 1 is 1.19 bits per heavy atom. The van der Waals surface area contributed by atoms with Crippen molar-refractivity contribution < 1.29 is 4.74 Å². The normalized spacial score (nSPS) is 29.9. The number of tetrazole rings is 1. The molecule has 21 heavy (non-hydrogen) atoms. The first-order chi connectivity index (χ1) is 10.3. The topological polar surface area (TPSA) is 56.1 Å². The Morgan fingerprint density at radius 3 is 2.76 bits per heavy atom. The summed E-state index contributed by atoms with van der Waals surface area (Å²) < 4.78 is 7.90. The van der Waals surface area contributed by atoms with Crippen LogP contribution in [-0.2, 0) is 4.74 Å². The van der Waals surface area contributed by atoms with Gasteiger partial charge < -0.3 is 4.74 Å². The van der Waals surface area contributed by atoms with Crippen LogP contribution < -0.4 is 0 Å². The van der Waals surface area contributed by atoms with E-state index in [2.05, 4.69) is 32.0 Å². The summed E-state index contributed by atoms with van der Waals surface area (Å²) in [5, 5.41) is 12.4. The molecule has 1 aromatic rings. The maximum Gasteiger partial charge on any atom is 0.168 e. The molecule has 2 unspecified atom stereocenters. The number of hydrogen-bond acceptors (Lipinski definition) is 5. The lowest BCUT2D eigenvalue weighted by Crippen LogP contribution is -2.37. The van der Waals surface area contributed by atoms with Crippen molar-refractivity contribution in [2.24, 2.45) is 11.8 Å². The molecule has 2 atom stereocenters. The number of nitrogens with zero attached hydrogens (tertiary/aromatic N) is 5. The van der Waals surface area contributed by atoms with E-state index in [1.54, 1.807) is 0 Å². The zero-order valence-electron chi connectivity index (χ0n) is 12.8. The maximum atomic E-state index is 5.85. The van der Waals surface area contributed by atoms with Crippen LogP contribution in [0.5, 0.6) is 0 Å². The Bertz CT molecular complexity index is 482. The van der Waals surface area contributed by atoms with Crippen molar-refractivity contribution in [2.45, 2.75) is 51.1 Å². The molecule has 3 aliphatic rings. The van der Waals surface area contributed by atoms with Gasteiger partial charge in [0.25, 0.3) is 0 Å². The van der Waals surface area contributed by atoms with E-state index < -0.39 is 0 Å². The molecular weight excluding hydrogens is 266 g/mol. The molecular formula is C15H25N5O. The minimum atomic E-state index is 0.282. The maximum absolute atomic E-state index is 5.85. The molecule has 1 aliphatic heterocycles. The standard InChI is InChI=1S/C15H25N5O/c1-11(15-16-17-18-20(15)14-5-6-14)19-7-8-21-10-13(9-19)12-3-2-4-12/h11-14H,2-10H2,1H3. The smallest absolute Gasteiger partial charge is 0.168 e. The molecule has 116 valence electrons. The van der Waals surface area contributed by atoms with Crippen molar-refractivity contribution >= 4 is 0 Å². The summed E-state index contributed by atoms with van der Waals surface area (Å²) in [5.41, 5.74) is 0. The molecule has 0 bridgehead atoms. The first-order valence-corrected chi connectivity index (χ1v) is 8.42. The second-order valence-corrected chi connectivity index (χ2v) is 6.91. The van der Waals surface area contributed by atoms with Gasteiger partial charge in [-0.05, 0) is 42.0 Å². The largest absolute Gasteiger partial charge is 0.380 e. The van der Waals surface area contributed by atoms with Gasteiger partial charge in [-0.1, -0.05) is 19.3 Å². The summed E-state index contributed by atoms with van der Waals surface area (Å²) in [6.07, 6.45) is 6.61. The Kier molecular flexibility index (Phi) is 3.67. The van der Waals surface area contributed by atoms with E-state index in [4.69, 9.17) is 4.74 Å². The predicted molar refractivity (Wildman–Crippen MR) is 77.7 cm³/mol. The zero-order chi connectivity index (χ0) is 14.2. The second kappa shape index (κ2) is 5.65. The Hall–Kier alpha value is -1.01. The van der Waals surface area contributed by atoms with Gasteiger partial charge >= 0.3 is 0 Å². The summed E-state index contributed by atoms with van der Waals surface area (Å²) in [7, 11) is 0. The van der Waals surface area contributed by atoms with Gasteiger partial charge in [0.15, 0.2) is 5.82 Å². The molecule has 0 amide bonds. The van der Waals surface area contributed by atoms with Crippen LogP contribution in [0, 0.1) is 11.8 Å². The third-order valence-corrected chi connectivity index (χ3v) is 5.47. The number of rotatable bonds is 4. The molecule has 0 radical (unpaired) electrons. The molecule has 2 saturated carbocycles. The molecule has 2 heterocycles. The quantitative estimate of drug-likeness (QED) is 0.847. The van der Waals surface area contributed by atoms with Crippen LogP contribution in [-0.4, -0.2) is 51.4 Å². The van der Waals surface area contributed by atoms with Crippen molar-refractivity contribution in [1.82, 2.24) is 25.1 Å². The van der Waals surface area contributed by atoms with Crippen molar-refractivity contribution in [3.05, 3.63) is 5.82 Å². The zero-order valence-corrected chi connectivity index (χ0v) is 12.8. The van der Waals surface area contributed by atoms with Crippen LogP contribution in [0.15, 0.2) is 0 Å². The lowest BCUT2D eigenvalue weighted by molar-refractivity contribution is 0.0760. The highest BCUT2D eigenvalue weighted by molar-refractivity contribution is 4.97. The highest BCUT2D eigenvalue weighted by Gasteiger charge is 2.35. The van der Waals surface area contributed by atoms with E-state index in [1.807, 2.05) is 0 Å². The van der Waals surface area contributed by atoms with Crippen molar-refractivity contribution in [1.29, 1.82) is 0 Å². The van der Waals surface area contributed by atoms with E-state index in [0.29, 0.717) is 12.0 Å². The molecule has 1 aromatic heterocycles. The van der Waals surface area contributed by atoms with Crippen molar-refractivity contribution in [3.8, 4) is 0 Å². The third kappa shape index (κ3) is 2.71. The monoisotopic (exact) mass is 291 g/mol. The number of ether oxygens (including phenoxy) is 1. The van der Waals surface area contributed by atoms with Crippen molar-refractivity contribution in [3.63, 3.8) is 0 Å². The fourth-order valence-corrected chi connectivity index (χ4v) is 3.63. The number of aromatic nitrogens is 4. The van der Waals surface area contributed by atoms with Gasteiger partial charge in [0, 0.05) is 13.1 Å². The summed E-state index contributed by atoms with van der Waals surface area (Å²) in [6, 6.07) is 0.827. The average Bonchev–Trinajstić information content (AvgIpc) is 3.20. The fraction of sp³-hybridized carbons (Fsp3) is 0.933. The highest BCUT2D eigenvalue weighted by atomic mass is 16.5. The van der Waals surface area contributed by atoms with Gasteiger partial charge in [0.05, 0.1) is 25.3 Å². The molecule has 1 saturated heterocycles. The van der Waals surface area contributed by atoms with Gasteiger partial charge in [0.1, 0.15) is 0 Å². The second-order valence-electron chi connectivity index (χ2n) is 6.91. The Morgan fingerprint density at radius 2 is 2.05 bits per heavy atom. The average molecular weight is 291 g/mol. The minimum Gasteiger partial charge on any atom is -0.380 e. The van der Waals surface area contributed by atoms with E-state index in [-0.39, 0.29) is 6.04 Å². The summed E-state index contributed by atoms with van der Waals surface area (Å²) in [5.74, 6) is 2.60. The van der Waals surface area contributed by atoms with Crippen molar-refractivity contribution in [2.75, 3.05) is 26.3 Å². The molecule has 4 rings (SSSR count). The minimum absolute atomic E-state index is 0.282. The summed E-state index contributed by atoms with van der Waals surface area (Å²) in [6.45, 7) is 6.12. The third-order valence-electron chi connectivity index (χ3n) is 5.47. The fourth-order valence-electron chi connectivity index (χ4n) is 3.63. The van der Waals surface area contributed by atoms with Gasteiger partial charge in [-0.3, -0.25) is 4.90 Å². The van der Waals surface area contributed by atoms with Gasteiger partial charge in [-0.15, -0.1) is 5.10 Å². The van der Waals surface area contributed by atoms with Crippen LogP contribution in [0.1, 0.15) is 56.9 Å². The Balaban J connectivity index is 1.48. The molecule has 6 heteroatoms. The van der Waals surface area contributed by atoms with Crippen LogP contribution >= 0.6 is 0 Å². The molecule has 0 aromatic carbocycles. The summed E-state index contributed by atoms with van der Waals surface area (Å²) in [4.78, 5) is 2.53. The highest BCUT2D eigenvalue weighted by Crippen LogP contribution is 2.38. The molecule has 0 spiro atoms. The van der Waals surface area contributed by atoms with Gasteiger partial charge in [0.2, 0.25) is 0 Å².